The Morgan fingerprint density at radius 2 is 1.48 bits per heavy atom. The molecule has 0 fully saturated rings. The fraction of sp³-hybridized carbons (Fsp3) is 0.550. The van der Waals surface area contributed by atoms with E-state index in [0.29, 0.717) is 0 Å². The van der Waals surface area contributed by atoms with Crippen LogP contribution in [0.1, 0.15) is 40.2 Å². The number of ether oxygens (including phenoxy) is 3. The number of carbonyl (C=O) groups is 3. The lowest BCUT2D eigenvalue weighted by Crippen LogP contribution is -2.50. The molecule has 0 saturated heterocycles. The van der Waals surface area contributed by atoms with Crippen LogP contribution in [0.25, 0.3) is 0 Å². The van der Waals surface area contributed by atoms with Gasteiger partial charge in [-0.3, -0.25) is 9.59 Å². The van der Waals surface area contributed by atoms with Crippen LogP contribution in [0.4, 0.5) is 4.79 Å². The Morgan fingerprint density at radius 3 is 1.93 bits per heavy atom. The molecule has 7 heteroatoms. The fourth-order valence-electron chi connectivity index (χ4n) is 2.47. The minimum atomic E-state index is -1.29. The molecule has 150 valence electrons. The van der Waals surface area contributed by atoms with E-state index >= 15 is 0 Å². The Hall–Kier alpha value is -2.57. The third-order valence-electron chi connectivity index (χ3n) is 3.48. The first kappa shape index (κ1) is 22.5. The Labute approximate surface area is 160 Å². The molecule has 7 nitrogen and oxygen atoms in total. The van der Waals surface area contributed by atoms with Crippen LogP contribution in [0, 0.1) is 5.92 Å². The third kappa shape index (κ3) is 8.11. The van der Waals surface area contributed by atoms with E-state index in [1.807, 2.05) is 30.3 Å². The van der Waals surface area contributed by atoms with Gasteiger partial charge in [-0.25, -0.2) is 4.79 Å². The number of hydrogen-bond acceptors (Lipinski definition) is 6. The van der Waals surface area contributed by atoms with Crippen LogP contribution in [0.15, 0.2) is 30.3 Å². The zero-order valence-electron chi connectivity index (χ0n) is 16.6. The molecule has 1 amide bonds. The lowest BCUT2D eigenvalue weighted by Gasteiger charge is -2.27. The van der Waals surface area contributed by atoms with Crippen LogP contribution in [-0.4, -0.2) is 42.9 Å². The summed E-state index contributed by atoms with van der Waals surface area (Å²) in [6.45, 7) is 8.70. The van der Waals surface area contributed by atoms with E-state index in [9.17, 15) is 14.4 Å². The number of alkyl carbamates (subject to hydrolysis) is 1. The van der Waals surface area contributed by atoms with Gasteiger partial charge in [-0.1, -0.05) is 30.3 Å². The van der Waals surface area contributed by atoms with Gasteiger partial charge in [0, 0.05) is 0 Å². The molecular weight excluding hydrogens is 350 g/mol. The molecule has 1 unspecified atom stereocenters. The summed E-state index contributed by atoms with van der Waals surface area (Å²) < 4.78 is 15.4. The lowest BCUT2D eigenvalue weighted by molar-refractivity contribution is -0.163. The molecule has 0 aliphatic carbocycles. The second kappa shape index (κ2) is 10.5. The monoisotopic (exact) mass is 379 g/mol. The van der Waals surface area contributed by atoms with Gasteiger partial charge in [0.25, 0.3) is 0 Å². The summed E-state index contributed by atoms with van der Waals surface area (Å²) in [5.41, 5.74) is 0.127. The zero-order valence-corrected chi connectivity index (χ0v) is 16.6. The summed E-state index contributed by atoms with van der Waals surface area (Å²) in [6, 6.07) is 8.34. The molecule has 0 aromatic heterocycles. The highest BCUT2D eigenvalue weighted by Gasteiger charge is 2.39. The maximum absolute atomic E-state index is 12.4. The van der Waals surface area contributed by atoms with Crippen molar-refractivity contribution in [3.63, 3.8) is 0 Å². The normalized spacial score (nSPS) is 12.2. The molecule has 1 N–H and O–H groups in total. The topological polar surface area (TPSA) is 90.9 Å². The van der Waals surface area contributed by atoms with Crippen molar-refractivity contribution in [2.45, 2.75) is 52.7 Å². The molecule has 27 heavy (non-hydrogen) atoms. The van der Waals surface area contributed by atoms with E-state index in [1.54, 1.807) is 34.6 Å². The van der Waals surface area contributed by atoms with Crippen LogP contribution in [0.5, 0.6) is 0 Å². The highest BCUT2D eigenvalue weighted by molar-refractivity contribution is 5.96. The van der Waals surface area contributed by atoms with Crippen molar-refractivity contribution >= 4 is 18.0 Å². The Kier molecular flexibility index (Phi) is 8.78. The van der Waals surface area contributed by atoms with Crippen LogP contribution in [0.3, 0.4) is 0 Å². The smallest absolute Gasteiger partial charge is 0.407 e. The van der Waals surface area contributed by atoms with Crippen molar-refractivity contribution in [1.29, 1.82) is 0 Å². The Morgan fingerprint density at radius 1 is 0.963 bits per heavy atom. The largest absolute Gasteiger partial charge is 0.465 e. The first-order valence-corrected chi connectivity index (χ1v) is 9.04. The summed E-state index contributed by atoms with van der Waals surface area (Å²) in [6.07, 6.45) is -0.482. The minimum Gasteiger partial charge on any atom is -0.465 e. The highest BCUT2D eigenvalue weighted by Crippen LogP contribution is 2.17. The van der Waals surface area contributed by atoms with E-state index in [2.05, 4.69) is 5.32 Å². The average molecular weight is 379 g/mol. The second-order valence-electron chi connectivity index (χ2n) is 6.92. The van der Waals surface area contributed by atoms with Crippen LogP contribution >= 0.6 is 0 Å². The SMILES string of the molecule is CCOC(=O)C(C(=O)OCC)C(Cc1ccccc1)NC(=O)OC(C)(C)C. The molecular formula is C20H29NO6. The quantitative estimate of drug-likeness (QED) is 0.424. The molecule has 0 bridgehead atoms. The van der Waals surface area contributed by atoms with Gasteiger partial charge in [-0.2, -0.15) is 0 Å². The first-order valence-electron chi connectivity index (χ1n) is 9.04. The number of rotatable bonds is 8. The van der Waals surface area contributed by atoms with Gasteiger partial charge < -0.3 is 19.5 Å². The van der Waals surface area contributed by atoms with Crippen molar-refractivity contribution < 1.29 is 28.6 Å². The summed E-state index contributed by atoms with van der Waals surface area (Å²) in [4.78, 5) is 37.2. The highest BCUT2D eigenvalue weighted by atomic mass is 16.6. The number of esters is 2. The Bertz CT molecular complexity index is 605. The van der Waals surface area contributed by atoms with Crippen molar-refractivity contribution in [3.8, 4) is 0 Å². The van der Waals surface area contributed by atoms with E-state index in [1.165, 1.54) is 0 Å². The minimum absolute atomic E-state index is 0.110. The number of benzene rings is 1. The van der Waals surface area contributed by atoms with Gasteiger partial charge in [-0.05, 0) is 46.6 Å². The van der Waals surface area contributed by atoms with E-state index in [-0.39, 0.29) is 19.6 Å². The number of hydrogen-bond donors (Lipinski definition) is 1. The molecule has 0 heterocycles. The van der Waals surface area contributed by atoms with Gasteiger partial charge >= 0.3 is 18.0 Å². The molecule has 0 radical (unpaired) electrons. The van der Waals surface area contributed by atoms with Crippen molar-refractivity contribution in [2.24, 2.45) is 5.92 Å². The van der Waals surface area contributed by atoms with Crippen molar-refractivity contribution in [1.82, 2.24) is 5.32 Å². The third-order valence-corrected chi connectivity index (χ3v) is 3.48. The molecule has 1 atom stereocenters. The van der Waals surface area contributed by atoms with Gasteiger partial charge in [-0.15, -0.1) is 0 Å². The van der Waals surface area contributed by atoms with Gasteiger partial charge in [0.15, 0.2) is 5.92 Å². The van der Waals surface area contributed by atoms with E-state index < -0.39 is 35.6 Å². The zero-order chi connectivity index (χ0) is 20.4. The number of amides is 1. The molecule has 0 aliphatic heterocycles. The fourth-order valence-corrected chi connectivity index (χ4v) is 2.47. The maximum Gasteiger partial charge on any atom is 0.407 e. The standard InChI is InChI=1S/C20H29NO6/c1-6-25-17(22)16(18(23)26-7-2)15(13-14-11-9-8-10-12-14)21-19(24)27-20(3,4)5/h8-12,15-16H,6-7,13H2,1-5H3,(H,21,24). The molecule has 0 aliphatic rings. The first-order chi connectivity index (χ1) is 12.7. The molecule has 0 spiro atoms. The van der Waals surface area contributed by atoms with Crippen LogP contribution in [0.2, 0.25) is 0 Å². The molecule has 1 rings (SSSR count). The second-order valence-corrected chi connectivity index (χ2v) is 6.92. The predicted octanol–water partition coefficient (Wildman–Crippen LogP) is 2.86. The number of carbonyl (C=O) groups excluding carboxylic acids is 3. The lowest BCUT2D eigenvalue weighted by atomic mass is 9.93. The summed E-state index contributed by atoms with van der Waals surface area (Å²) in [5, 5.41) is 2.64. The maximum atomic E-state index is 12.4. The Balaban J connectivity index is 3.14. The van der Waals surface area contributed by atoms with Crippen molar-refractivity contribution in [3.05, 3.63) is 35.9 Å². The van der Waals surface area contributed by atoms with Crippen molar-refractivity contribution in [2.75, 3.05) is 13.2 Å². The van der Waals surface area contributed by atoms with Crippen LogP contribution < -0.4 is 5.32 Å². The molecule has 1 aromatic carbocycles. The summed E-state index contributed by atoms with van der Waals surface area (Å²) >= 11 is 0. The molecule has 0 saturated carbocycles. The van der Waals surface area contributed by atoms with Gasteiger partial charge in [0.05, 0.1) is 19.3 Å². The molecule has 1 aromatic rings. The van der Waals surface area contributed by atoms with Gasteiger partial charge in [0.2, 0.25) is 0 Å². The van der Waals surface area contributed by atoms with Crippen LogP contribution in [-0.2, 0) is 30.2 Å². The van der Waals surface area contributed by atoms with E-state index in [4.69, 9.17) is 14.2 Å². The van der Waals surface area contributed by atoms with E-state index in [0.717, 1.165) is 5.56 Å². The summed E-state index contributed by atoms with van der Waals surface area (Å²) in [7, 11) is 0. The van der Waals surface area contributed by atoms with Gasteiger partial charge in [0.1, 0.15) is 5.60 Å². The number of nitrogens with one attached hydrogen (secondary N) is 1. The average Bonchev–Trinajstić information content (AvgIpc) is 2.54. The predicted molar refractivity (Wildman–Crippen MR) is 100 cm³/mol. The summed E-state index contributed by atoms with van der Waals surface area (Å²) in [5.74, 6) is -2.78.